The van der Waals surface area contributed by atoms with Crippen LogP contribution in [0.1, 0.15) is 39.2 Å². The zero-order valence-corrected chi connectivity index (χ0v) is 11.6. The highest BCUT2D eigenvalue weighted by atomic mass is 16.5. The molecule has 0 spiro atoms. The Morgan fingerprint density at radius 1 is 1.37 bits per heavy atom. The number of nitrogens with two attached hydrogens (primary N) is 1. The molecule has 1 amide bonds. The van der Waals surface area contributed by atoms with Crippen LogP contribution in [0.25, 0.3) is 0 Å². The van der Waals surface area contributed by atoms with Crippen molar-refractivity contribution < 1.29 is 9.53 Å². The molecule has 1 saturated carbocycles. The van der Waals surface area contributed by atoms with E-state index in [0.717, 1.165) is 24.3 Å². The van der Waals surface area contributed by atoms with Crippen molar-refractivity contribution in [3.8, 4) is 5.75 Å². The summed E-state index contributed by atoms with van der Waals surface area (Å²) in [6, 6.07) is 6.15. The summed E-state index contributed by atoms with van der Waals surface area (Å²) in [5.41, 5.74) is 7.33. The zero-order valence-electron chi connectivity index (χ0n) is 11.6. The summed E-state index contributed by atoms with van der Waals surface area (Å²) >= 11 is 0. The third-order valence-corrected chi connectivity index (χ3v) is 4.37. The Morgan fingerprint density at radius 2 is 2.05 bits per heavy atom. The van der Waals surface area contributed by atoms with E-state index in [9.17, 15) is 4.79 Å². The molecule has 3 rings (SSSR count). The zero-order chi connectivity index (χ0) is 13.8. The van der Waals surface area contributed by atoms with Crippen LogP contribution < -0.4 is 15.8 Å². The van der Waals surface area contributed by atoms with Gasteiger partial charge in [-0.25, -0.2) is 0 Å². The van der Waals surface area contributed by atoms with Gasteiger partial charge in [-0.05, 0) is 51.3 Å². The van der Waals surface area contributed by atoms with Gasteiger partial charge in [0.1, 0.15) is 5.75 Å². The maximum atomic E-state index is 11.9. The van der Waals surface area contributed by atoms with E-state index in [0.29, 0.717) is 0 Å². The van der Waals surface area contributed by atoms with Crippen LogP contribution in [0.5, 0.6) is 5.75 Å². The van der Waals surface area contributed by atoms with Crippen molar-refractivity contribution in [1.29, 1.82) is 0 Å². The molecule has 0 bridgehead atoms. The first-order valence-corrected chi connectivity index (χ1v) is 6.76. The van der Waals surface area contributed by atoms with E-state index in [1.54, 1.807) is 13.8 Å². The average Bonchev–Trinajstić information content (AvgIpc) is 3.11. The minimum Gasteiger partial charge on any atom is -0.476 e. The second-order valence-corrected chi connectivity index (χ2v) is 6.22. The van der Waals surface area contributed by atoms with Gasteiger partial charge in [0.2, 0.25) is 0 Å². The van der Waals surface area contributed by atoms with Crippen LogP contribution >= 0.6 is 0 Å². The maximum Gasteiger partial charge on any atom is 0.268 e. The van der Waals surface area contributed by atoms with Crippen LogP contribution in [-0.2, 0) is 10.2 Å². The number of hydrogen-bond donors (Lipinski definition) is 2. The van der Waals surface area contributed by atoms with E-state index in [2.05, 4.69) is 11.4 Å². The lowest BCUT2D eigenvalue weighted by Crippen LogP contribution is -2.45. The smallest absolute Gasteiger partial charge is 0.268 e. The molecule has 4 heteroatoms. The Hall–Kier alpha value is -1.55. The van der Waals surface area contributed by atoms with E-state index >= 15 is 0 Å². The van der Waals surface area contributed by atoms with Crippen molar-refractivity contribution >= 4 is 11.6 Å². The molecule has 3 N–H and O–H groups in total. The molecule has 1 aliphatic heterocycles. The molecule has 1 aliphatic carbocycles. The monoisotopic (exact) mass is 260 g/mol. The predicted octanol–water partition coefficient (Wildman–Crippen LogP) is 2.17. The van der Waals surface area contributed by atoms with Crippen LogP contribution in [0, 0.1) is 0 Å². The molecule has 102 valence electrons. The molecule has 19 heavy (non-hydrogen) atoms. The lowest BCUT2D eigenvalue weighted by atomic mass is 9.89. The highest BCUT2D eigenvalue weighted by Gasteiger charge is 2.48. The molecule has 0 aromatic heterocycles. The number of fused-ring (bicyclic) bond motifs is 1. The number of anilines is 1. The quantitative estimate of drug-likeness (QED) is 0.856. The van der Waals surface area contributed by atoms with Gasteiger partial charge in [-0.15, -0.1) is 0 Å². The largest absolute Gasteiger partial charge is 0.476 e. The molecule has 1 atom stereocenters. The van der Waals surface area contributed by atoms with Crippen molar-refractivity contribution in [1.82, 2.24) is 0 Å². The first kappa shape index (κ1) is 12.5. The van der Waals surface area contributed by atoms with Gasteiger partial charge in [0.15, 0.2) is 5.60 Å². The number of amides is 1. The number of carbonyl (C=O) groups is 1. The number of ether oxygens (including phenoxy) is 1. The molecule has 4 nitrogen and oxygen atoms in total. The highest BCUT2D eigenvalue weighted by molar-refractivity contribution is 6.00. The van der Waals surface area contributed by atoms with E-state index in [1.807, 2.05) is 19.1 Å². The summed E-state index contributed by atoms with van der Waals surface area (Å²) in [5, 5.41) is 2.92. The first-order chi connectivity index (χ1) is 8.85. The van der Waals surface area contributed by atoms with Crippen molar-refractivity contribution in [2.24, 2.45) is 5.73 Å². The lowest BCUT2D eigenvalue weighted by Gasteiger charge is -2.32. The maximum absolute atomic E-state index is 11.9. The second kappa shape index (κ2) is 3.73. The normalized spacial score (nSPS) is 23.9. The van der Waals surface area contributed by atoms with Gasteiger partial charge in [0.25, 0.3) is 5.91 Å². The predicted molar refractivity (Wildman–Crippen MR) is 74.3 cm³/mol. The van der Waals surface area contributed by atoms with Crippen LogP contribution in [0.2, 0.25) is 0 Å². The molecule has 1 aromatic rings. The van der Waals surface area contributed by atoms with E-state index < -0.39 is 5.60 Å². The van der Waals surface area contributed by atoms with Crippen LogP contribution in [-0.4, -0.2) is 17.6 Å². The summed E-state index contributed by atoms with van der Waals surface area (Å²) in [4.78, 5) is 11.9. The van der Waals surface area contributed by atoms with Crippen molar-refractivity contribution in [2.45, 2.75) is 50.7 Å². The molecule has 0 saturated heterocycles. The summed E-state index contributed by atoms with van der Waals surface area (Å²) < 4.78 is 5.74. The summed E-state index contributed by atoms with van der Waals surface area (Å²) in [7, 11) is 0. The Kier molecular flexibility index (Phi) is 2.45. The number of carbonyl (C=O) groups excluding carboxylic acids is 1. The van der Waals surface area contributed by atoms with Gasteiger partial charge in [-0.2, -0.15) is 0 Å². The number of hydrogen-bond acceptors (Lipinski definition) is 3. The number of rotatable bonds is 2. The molecular weight excluding hydrogens is 240 g/mol. The van der Waals surface area contributed by atoms with Crippen molar-refractivity contribution in [2.75, 3.05) is 5.32 Å². The fourth-order valence-corrected chi connectivity index (χ4v) is 2.76. The SMILES string of the molecule is CC(N)C1(c2ccc3c(c2)NC(=O)C(C)(C)O3)CC1. The molecule has 1 unspecified atom stereocenters. The molecule has 1 aromatic carbocycles. The van der Waals surface area contributed by atoms with E-state index in [-0.39, 0.29) is 17.4 Å². The van der Waals surface area contributed by atoms with Gasteiger partial charge in [0.05, 0.1) is 5.69 Å². The van der Waals surface area contributed by atoms with Gasteiger partial charge < -0.3 is 15.8 Å². The van der Waals surface area contributed by atoms with Crippen LogP contribution in [0.15, 0.2) is 18.2 Å². The summed E-state index contributed by atoms with van der Waals surface area (Å²) in [6.45, 7) is 5.58. The lowest BCUT2D eigenvalue weighted by molar-refractivity contribution is -0.129. The molecule has 1 fully saturated rings. The van der Waals surface area contributed by atoms with Gasteiger partial charge >= 0.3 is 0 Å². The van der Waals surface area contributed by atoms with Crippen LogP contribution in [0.4, 0.5) is 5.69 Å². The second-order valence-electron chi connectivity index (χ2n) is 6.22. The minimum absolute atomic E-state index is 0.0900. The van der Waals surface area contributed by atoms with Crippen molar-refractivity contribution in [3.05, 3.63) is 23.8 Å². The van der Waals surface area contributed by atoms with Gasteiger partial charge in [-0.1, -0.05) is 6.07 Å². The van der Waals surface area contributed by atoms with E-state index in [1.165, 1.54) is 5.56 Å². The Morgan fingerprint density at radius 3 is 2.63 bits per heavy atom. The van der Waals surface area contributed by atoms with Crippen molar-refractivity contribution in [3.63, 3.8) is 0 Å². The number of benzene rings is 1. The Labute approximate surface area is 113 Å². The Bertz CT molecular complexity index is 545. The third kappa shape index (κ3) is 1.82. The van der Waals surface area contributed by atoms with E-state index in [4.69, 9.17) is 10.5 Å². The molecule has 1 heterocycles. The molecule has 2 aliphatic rings. The van der Waals surface area contributed by atoms with Gasteiger partial charge in [0, 0.05) is 11.5 Å². The Balaban J connectivity index is 1.98. The number of nitrogens with one attached hydrogen (secondary N) is 1. The molecular formula is C15H20N2O2. The molecule has 0 radical (unpaired) electrons. The fourth-order valence-electron chi connectivity index (χ4n) is 2.76. The van der Waals surface area contributed by atoms with Crippen LogP contribution in [0.3, 0.4) is 0 Å². The fraction of sp³-hybridized carbons (Fsp3) is 0.533. The average molecular weight is 260 g/mol. The first-order valence-electron chi connectivity index (χ1n) is 6.76. The standard InChI is InChI=1S/C15H20N2O2/c1-9(16)15(6-7-15)10-4-5-12-11(8-10)17-13(18)14(2,3)19-12/h4-5,8-9H,6-7,16H2,1-3H3,(H,17,18). The topological polar surface area (TPSA) is 64.3 Å². The summed E-state index contributed by atoms with van der Waals surface area (Å²) in [5.74, 6) is 0.622. The minimum atomic E-state index is -0.813. The highest BCUT2D eigenvalue weighted by Crippen LogP contribution is 2.51. The summed E-state index contributed by atoms with van der Waals surface area (Å²) in [6.07, 6.45) is 2.23. The van der Waals surface area contributed by atoms with Gasteiger partial charge in [-0.3, -0.25) is 4.79 Å². The third-order valence-electron chi connectivity index (χ3n) is 4.37.